The van der Waals surface area contributed by atoms with Crippen LogP contribution in [0.2, 0.25) is 0 Å². The van der Waals surface area contributed by atoms with Crippen LogP contribution in [-0.4, -0.2) is 74.6 Å². The zero-order valence-corrected chi connectivity index (χ0v) is 18.6. The summed E-state index contributed by atoms with van der Waals surface area (Å²) in [6.07, 6.45) is -5.06. The van der Waals surface area contributed by atoms with Crippen LogP contribution in [0.5, 0.6) is 0 Å². The van der Waals surface area contributed by atoms with Gasteiger partial charge in [0.15, 0.2) is 24.1 Å². The van der Waals surface area contributed by atoms with Crippen molar-refractivity contribution >= 4 is 11.8 Å². The van der Waals surface area contributed by atoms with Crippen LogP contribution in [0, 0.1) is 30.3 Å². The first-order chi connectivity index (χ1) is 16.6. The number of carbonyl (C=O) groups is 2. The molecule has 1 fully saturated rings. The molecule has 4 atom stereocenters. The number of hydrogen-bond donors (Lipinski definition) is 2. The molecule has 0 aromatic carbocycles. The van der Waals surface area contributed by atoms with Crippen molar-refractivity contribution in [3.05, 3.63) is 48.1 Å². The number of rotatable bonds is 14. The summed E-state index contributed by atoms with van der Waals surface area (Å²) in [5, 5.41) is 34.0. The van der Waals surface area contributed by atoms with Crippen molar-refractivity contribution in [3.63, 3.8) is 0 Å². The van der Waals surface area contributed by atoms with Gasteiger partial charge < -0.3 is 29.9 Å². The number of hydrogen-bond acceptors (Lipinski definition) is 13. The SMILES string of the molecule is CCCNC(=O)c1ncn([C@@H]2O[C@H](CO[N+](=O)[O-])[C@@H](O[N+](=O)[O-])[C@H]2O[N+](=O)[O-])c1C(=O)NCCC. The molecule has 0 unspecified atom stereocenters. The predicted molar refractivity (Wildman–Crippen MR) is 108 cm³/mol. The van der Waals surface area contributed by atoms with Crippen molar-refractivity contribution in [2.45, 2.75) is 51.2 Å². The van der Waals surface area contributed by atoms with Gasteiger partial charge in [0.1, 0.15) is 18.4 Å². The molecule has 1 aliphatic heterocycles. The molecule has 0 bridgehead atoms. The number of amides is 2. The Hall–Kier alpha value is -4.29. The standard InChI is InChI=1S/C16H23N7O12/c1-3-5-17-14(24)10-11(15(25)18-6-4-2)20(8-19-10)16-13(35-23(30)31)12(34-22(28)29)9(33-16)7-32-21(26)27/h8-9,12-13,16H,3-7H2,1-2H3,(H,17,24)(H,18,25)/t9-,12-,13-,16-/m1/s1. The number of aromatic nitrogens is 2. The van der Waals surface area contributed by atoms with E-state index in [0.717, 1.165) is 10.9 Å². The van der Waals surface area contributed by atoms with Crippen LogP contribution in [0.1, 0.15) is 53.9 Å². The lowest BCUT2D eigenvalue weighted by Crippen LogP contribution is -2.41. The number of nitrogens with one attached hydrogen (secondary N) is 2. The second kappa shape index (κ2) is 12.3. The molecule has 2 rings (SSSR count). The summed E-state index contributed by atoms with van der Waals surface area (Å²) < 4.78 is 6.42. The Morgan fingerprint density at radius 2 is 1.57 bits per heavy atom. The maximum atomic E-state index is 12.9. The highest BCUT2D eigenvalue weighted by molar-refractivity contribution is 6.05. The molecule has 0 spiro atoms. The van der Waals surface area contributed by atoms with Crippen LogP contribution in [0.25, 0.3) is 0 Å². The zero-order chi connectivity index (χ0) is 26.1. The average molecular weight is 505 g/mol. The monoisotopic (exact) mass is 505 g/mol. The summed E-state index contributed by atoms with van der Waals surface area (Å²) >= 11 is 0. The minimum atomic E-state index is -1.91. The smallest absolute Gasteiger partial charge is 0.295 e. The first kappa shape index (κ1) is 27.0. The summed E-state index contributed by atoms with van der Waals surface area (Å²) in [5.41, 5.74) is -0.739. The number of nitrogens with zero attached hydrogens (tertiary/aromatic N) is 5. The molecule has 0 aliphatic carbocycles. The number of imidazole rings is 1. The van der Waals surface area contributed by atoms with E-state index in [1.165, 1.54) is 0 Å². The molecule has 194 valence electrons. The lowest BCUT2D eigenvalue weighted by molar-refractivity contribution is -0.799. The van der Waals surface area contributed by atoms with Crippen LogP contribution in [0.3, 0.4) is 0 Å². The Bertz CT molecular complexity index is 953. The third kappa shape index (κ3) is 6.85. The van der Waals surface area contributed by atoms with E-state index in [1.807, 2.05) is 0 Å². The topological polar surface area (TPSA) is 242 Å². The summed E-state index contributed by atoms with van der Waals surface area (Å²) in [6, 6.07) is 0. The number of carbonyl (C=O) groups excluding carboxylic acids is 2. The average Bonchev–Trinajstić information content (AvgIpc) is 3.36. The fourth-order valence-electron chi connectivity index (χ4n) is 3.23. The Morgan fingerprint density at radius 3 is 2.11 bits per heavy atom. The molecule has 19 nitrogen and oxygen atoms in total. The lowest BCUT2D eigenvalue weighted by atomic mass is 10.1. The van der Waals surface area contributed by atoms with Crippen LogP contribution in [-0.2, 0) is 19.2 Å². The van der Waals surface area contributed by atoms with E-state index in [0.29, 0.717) is 12.8 Å². The largest absolute Gasteiger partial charge is 0.351 e. The van der Waals surface area contributed by atoms with Crippen LogP contribution < -0.4 is 10.6 Å². The van der Waals surface area contributed by atoms with Gasteiger partial charge in [-0.3, -0.25) is 14.2 Å². The zero-order valence-electron chi connectivity index (χ0n) is 18.6. The second-order valence-electron chi connectivity index (χ2n) is 7.03. The van der Waals surface area contributed by atoms with Gasteiger partial charge in [0.05, 0.1) is 6.33 Å². The van der Waals surface area contributed by atoms with E-state index < -0.39 is 58.2 Å². The minimum Gasteiger partial charge on any atom is -0.351 e. The molecule has 2 N–H and O–H groups in total. The van der Waals surface area contributed by atoms with E-state index in [4.69, 9.17) is 4.74 Å². The molecule has 35 heavy (non-hydrogen) atoms. The fraction of sp³-hybridized carbons (Fsp3) is 0.688. The molecule has 19 heteroatoms. The maximum Gasteiger partial charge on any atom is 0.295 e. The van der Waals surface area contributed by atoms with Gasteiger partial charge >= 0.3 is 0 Å². The molecule has 0 saturated carbocycles. The lowest BCUT2D eigenvalue weighted by Gasteiger charge is -2.22. The Labute approximate surface area is 196 Å². The van der Waals surface area contributed by atoms with E-state index in [-0.39, 0.29) is 24.5 Å². The summed E-state index contributed by atoms with van der Waals surface area (Å²) in [5.74, 6) is -1.53. The Kier molecular flexibility index (Phi) is 9.44. The molecule has 1 aromatic rings. The summed E-state index contributed by atoms with van der Waals surface area (Å²) in [4.78, 5) is 75.3. The Morgan fingerprint density at radius 1 is 1.00 bits per heavy atom. The van der Waals surface area contributed by atoms with Crippen molar-refractivity contribution in [1.29, 1.82) is 0 Å². The molecular formula is C16H23N7O12. The highest BCUT2D eigenvalue weighted by Gasteiger charge is 2.52. The van der Waals surface area contributed by atoms with Gasteiger partial charge in [0.25, 0.3) is 27.1 Å². The van der Waals surface area contributed by atoms with Crippen molar-refractivity contribution in [2.24, 2.45) is 0 Å². The van der Waals surface area contributed by atoms with E-state index >= 15 is 0 Å². The highest BCUT2D eigenvalue weighted by Crippen LogP contribution is 2.35. The van der Waals surface area contributed by atoms with Gasteiger partial charge in [0.2, 0.25) is 0 Å². The molecular weight excluding hydrogens is 482 g/mol. The van der Waals surface area contributed by atoms with Gasteiger partial charge in [-0.15, -0.1) is 30.3 Å². The van der Waals surface area contributed by atoms with Crippen molar-refractivity contribution in [3.8, 4) is 0 Å². The molecule has 1 saturated heterocycles. The quantitative estimate of drug-likeness (QED) is 0.238. The van der Waals surface area contributed by atoms with Crippen molar-refractivity contribution in [1.82, 2.24) is 20.2 Å². The van der Waals surface area contributed by atoms with Crippen molar-refractivity contribution < 1.29 is 44.1 Å². The Balaban J connectivity index is 2.55. The first-order valence-corrected chi connectivity index (χ1v) is 10.3. The van der Waals surface area contributed by atoms with Gasteiger partial charge in [-0.05, 0) is 12.8 Å². The van der Waals surface area contributed by atoms with Crippen LogP contribution >= 0.6 is 0 Å². The highest BCUT2D eigenvalue weighted by atomic mass is 17.0. The fourth-order valence-corrected chi connectivity index (χ4v) is 3.23. The molecule has 1 aromatic heterocycles. The number of ether oxygens (including phenoxy) is 1. The molecule has 0 radical (unpaired) electrons. The van der Waals surface area contributed by atoms with E-state index in [1.54, 1.807) is 13.8 Å². The normalized spacial score (nSPS) is 21.1. The van der Waals surface area contributed by atoms with E-state index in [2.05, 4.69) is 30.1 Å². The summed E-state index contributed by atoms with van der Waals surface area (Å²) in [6.45, 7) is 3.10. The molecule has 1 aliphatic rings. The molecule has 2 heterocycles. The van der Waals surface area contributed by atoms with E-state index in [9.17, 15) is 39.9 Å². The predicted octanol–water partition coefficient (Wildman–Crippen LogP) is -0.578. The minimum absolute atomic E-state index is 0.201. The third-order valence-electron chi connectivity index (χ3n) is 4.61. The maximum absolute atomic E-state index is 12.9. The van der Waals surface area contributed by atoms with Gasteiger partial charge in [-0.25, -0.2) is 4.98 Å². The summed E-state index contributed by atoms with van der Waals surface area (Å²) in [7, 11) is 0. The van der Waals surface area contributed by atoms with Gasteiger partial charge in [-0.2, -0.15) is 0 Å². The van der Waals surface area contributed by atoms with Crippen LogP contribution in [0.4, 0.5) is 0 Å². The van der Waals surface area contributed by atoms with Gasteiger partial charge in [-0.1, -0.05) is 13.8 Å². The third-order valence-corrected chi connectivity index (χ3v) is 4.61. The molecule has 2 amide bonds. The second-order valence-corrected chi connectivity index (χ2v) is 7.03. The van der Waals surface area contributed by atoms with Crippen LogP contribution in [0.15, 0.2) is 6.33 Å². The van der Waals surface area contributed by atoms with Crippen molar-refractivity contribution in [2.75, 3.05) is 19.7 Å². The first-order valence-electron chi connectivity index (χ1n) is 10.3. The van der Waals surface area contributed by atoms with Gasteiger partial charge in [0, 0.05) is 13.1 Å².